The first-order valence-electron chi connectivity index (χ1n) is 10.3. The van der Waals surface area contributed by atoms with Gasteiger partial charge in [-0.05, 0) is 62.9 Å². The molecule has 2 aromatic carbocycles. The Morgan fingerprint density at radius 2 is 1.89 bits per heavy atom. The lowest BCUT2D eigenvalue weighted by Crippen LogP contribution is -2.42. The summed E-state index contributed by atoms with van der Waals surface area (Å²) in [6, 6.07) is 12.4. The highest BCUT2D eigenvalue weighted by atomic mass is 19.1. The number of carbonyl (C=O) groups is 1. The van der Waals surface area contributed by atoms with Crippen LogP contribution in [0.3, 0.4) is 0 Å². The minimum atomic E-state index is -0.802. The van der Waals surface area contributed by atoms with Crippen LogP contribution in [0.4, 0.5) is 10.1 Å². The van der Waals surface area contributed by atoms with E-state index in [0.29, 0.717) is 18.4 Å². The summed E-state index contributed by atoms with van der Waals surface area (Å²) in [5.41, 5.74) is 1.41. The van der Waals surface area contributed by atoms with Crippen molar-refractivity contribution in [3.05, 3.63) is 59.4 Å². The number of halogens is 1. The van der Waals surface area contributed by atoms with E-state index in [9.17, 15) is 9.18 Å². The fourth-order valence-corrected chi connectivity index (χ4v) is 4.03. The minimum Gasteiger partial charge on any atom is -0.490 e. The maximum atomic E-state index is 14.6. The second-order valence-electron chi connectivity index (χ2n) is 7.89. The second-order valence-corrected chi connectivity index (χ2v) is 7.89. The van der Waals surface area contributed by atoms with E-state index >= 15 is 0 Å². The third kappa shape index (κ3) is 4.21. The van der Waals surface area contributed by atoms with Crippen LogP contribution in [0.5, 0.6) is 5.75 Å². The zero-order valence-corrected chi connectivity index (χ0v) is 17.1. The van der Waals surface area contributed by atoms with Gasteiger partial charge in [-0.25, -0.2) is 4.39 Å². The van der Waals surface area contributed by atoms with E-state index in [1.807, 2.05) is 38.1 Å². The van der Waals surface area contributed by atoms with Gasteiger partial charge in [0.05, 0.1) is 11.5 Å². The molecule has 0 radical (unpaired) electrons. The Balaban J connectivity index is 1.85. The van der Waals surface area contributed by atoms with E-state index in [4.69, 9.17) is 4.74 Å². The molecule has 0 saturated heterocycles. The largest absolute Gasteiger partial charge is 0.490 e. The molecule has 28 heavy (non-hydrogen) atoms. The molecule has 1 aliphatic carbocycles. The predicted molar refractivity (Wildman–Crippen MR) is 111 cm³/mol. The molecule has 1 amide bonds. The van der Waals surface area contributed by atoms with Crippen LogP contribution in [-0.4, -0.2) is 12.0 Å². The number of hydrogen-bond donors (Lipinski definition) is 1. The highest BCUT2D eigenvalue weighted by Gasteiger charge is 2.42. The van der Waals surface area contributed by atoms with Crippen molar-refractivity contribution in [1.29, 1.82) is 0 Å². The molecule has 0 bridgehead atoms. The van der Waals surface area contributed by atoms with Crippen molar-refractivity contribution >= 4 is 11.6 Å². The maximum absolute atomic E-state index is 14.6. The van der Waals surface area contributed by atoms with Crippen molar-refractivity contribution in [2.24, 2.45) is 0 Å². The van der Waals surface area contributed by atoms with Crippen molar-refractivity contribution in [3.63, 3.8) is 0 Å². The number of amides is 1. The first-order valence-corrected chi connectivity index (χ1v) is 10.3. The lowest BCUT2D eigenvalue weighted by molar-refractivity contribution is -0.122. The van der Waals surface area contributed by atoms with Crippen LogP contribution in [0.2, 0.25) is 0 Å². The Labute approximate surface area is 167 Å². The first-order chi connectivity index (χ1) is 13.5. The monoisotopic (exact) mass is 383 g/mol. The van der Waals surface area contributed by atoms with Crippen molar-refractivity contribution in [2.45, 2.75) is 70.8 Å². The van der Waals surface area contributed by atoms with Gasteiger partial charge in [-0.15, -0.1) is 0 Å². The summed E-state index contributed by atoms with van der Waals surface area (Å²) in [6.45, 7) is 6.10. The number of benzene rings is 2. The van der Waals surface area contributed by atoms with E-state index in [2.05, 4.69) is 12.2 Å². The Morgan fingerprint density at radius 1 is 1.18 bits per heavy atom. The summed E-state index contributed by atoms with van der Waals surface area (Å²) in [6.07, 6.45) is 5.38. The quantitative estimate of drug-likeness (QED) is 0.649. The van der Waals surface area contributed by atoms with Crippen LogP contribution in [0.1, 0.15) is 63.5 Å². The standard InChI is InChI=1S/C24H30FNO2/c1-4-18(3)28-22-13-12-19(16-17(22)2)26-23(27)24(14-8-5-9-15-24)20-10-6-7-11-21(20)25/h6-7,10-13,16,18H,4-5,8-9,14-15H2,1-3H3,(H,26,27)/t18-/m0/s1. The maximum Gasteiger partial charge on any atom is 0.235 e. The number of rotatable bonds is 6. The Bertz CT molecular complexity index is 827. The van der Waals surface area contributed by atoms with Crippen LogP contribution in [-0.2, 0) is 10.2 Å². The van der Waals surface area contributed by atoms with Gasteiger partial charge in [-0.1, -0.05) is 44.4 Å². The smallest absolute Gasteiger partial charge is 0.235 e. The Morgan fingerprint density at radius 3 is 2.54 bits per heavy atom. The van der Waals surface area contributed by atoms with Crippen LogP contribution in [0.25, 0.3) is 0 Å². The topological polar surface area (TPSA) is 38.3 Å². The molecule has 0 aliphatic heterocycles. The van der Waals surface area contributed by atoms with E-state index in [1.165, 1.54) is 6.07 Å². The second kappa shape index (κ2) is 8.76. The van der Waals surface area contributed by atoms with Gasteiger partial charge in [0, 0.05) is 11.3 Å². The zero-order chi connectivity index (χ0) is 20.1. The van der Waals surface area contributed by atoms with Crippen molar-refractivity contribution in [1.82, 2.24) is 0 Å². The van der Waals surface area contributed by atoms with Crippen molar-refractivity contribution in [3.8, 4) is 5.75 Å². The van der Waals surface area contributed by atoms with Crippen molar-refractivity contribution < 1.29 is 13.9 Å². The molecule has 0 aromatic heterocycles. The molecule has 2 aromatic rings. The molecule has 1 fully saturated rings. The van der Waals surface area contributed by atoms with Gasteiger partial charge >= 0.3 is 0 Å². The number of aryl methyl sites for hydroxylation is 1. The zero-order valence-electron chi connectivity index (χ0n) is 17.1. The minimum absolute atomic E-state index is 0.118. The molecule has 1 atom stereocenters. The highest BCUT2D eigenvalue weighted by Crippen LogP contribution is 2.41. The average Bonchev–Trinajstić information content (AvgIpc) is 2.70. The third-order valence-electron chi connectivity index (χ3n) is 5.87. The number of carbonyl (C=O) groups excluding carboxylic acids is 1. The van der Waals surface area contributed by atoms with Gasteiger partial charge in [0.1, 0.15) is 11.6 Å². The number of hydrogen-bond acceptors (Lipinski definition) is 2. The molecular weight excluding hydrogens is 353 g/mol. The first kappa shape index (κ1) is 20.4. The predicted octanol–water partition coefficient (Wildman–Crippen LogP) is 6.15. The van der Waals surface area contributed by atoms with E-state index in [0.717, 1.165) is 42.7 Å². The third-order valence-corrected chi connectivity index (χ3v) is 5.87. The summed E-state index contributed by atoms with van der Waals surface area (Å²) in [4.78, 5) is 13.4. The van der Waals surface area contributed by atoms with Crippen molar-refractivity contribution in [2.75, 3.05) is 5.32 Å². The molecule has 150 valence electrons. The van der Waals surface area contributed by atoms with Gasteiger partial charge in [-0.2, -0.15) is 0 Å². The Kier molecular flexibility index (Phi) is 6.38. The summed E-state index contributed by atoms with van der Waals surface area (Å²) in [7, 11) is 0. The molecule has 0 heterocycles. The molecule has 1 aliphatic rings. The van der Waals surface area contributed by atoms with Gasteiger partial charge in [0.2, 0.25) is 5.91 Å². The van der Waals surface area contributed by atoms with E-state index < -0.39 is 5.41 Å². The SMILES string of the molecule is CC[C@H](C)Oc1ccc(NC(=O)C2(c3ccccc3F)CCCCC2)cc1C. The van der Waals surface area contributed by atoms with Gasteiger partial charge in [0.25, 0.3) is 0 Å². The summed E-state index contributed by atoms with van der Waals surface area (Å²) < 4.78 is 20.5. The number of anilines is 1. The van der Waals surface area contributed by atoms with E-state index in [1.54, 1.807) is 12.1 Å². The van der Waals surface area contributed by atoms with E-state index in [-0.39, 0.29) is 17.8 Å². The van der Waals surface area contributed by atoms with Crippen LogP contribution in [0.15, 0.2) is 42.5 Å². The summed E-state index contributed by atoms with van der Waals surface area (Å²) in [5, 5.41) is 3.05. The average molecular weight is 384 g/mol. The van der Waals surface area contributed by atoms with Gasteiger partial charge in [0.15, 0.2) is 0 Å². The highest BCUT2D eigenvalue weighted by molar-refractivity contribution is 5.99. The van der Waals surface area contributed by atoms with Gasteiger partial charge in [-0.3, -0.25) is 4.79 Å². The molecular formula is C24H30FNO2. The molecule has 0 unspecified atom stereocenters. The molecule has 1 saturated carbocycles. The fourth-order valence-electron chi connectivity index (χ4n) is 4.03. The lowest BCUT2D eigenvalue weighted by atomic mass is 9.68. The molecule has 3 rings (SSSR count). The van der Waals surface area contributed by atoms with Crippen LogP contribution < -0.4 is 10.1 Å². The summed E-state index contributed by atoms with van der Waals surface area (Å²) in [5.74, 6) is 0.411. The van der Waals surface area contributed by atoms with Crippen LogP contribution >= 0.6 is 0 Å². The molecule has 0 spiro atoms. The van der Waals surface area contributed by atoms with Gasteiger partial charge < -0.3 is 10.1 Å². The number of ether oxygens (including phenoxy) is 1. The Hall–Kier alpha value is -2.36. The summed E-state index contributed by atoms with van der Waals surface area (Å²) >= 11 is 0. The molecule has 1 N–H and O–H groups in total. The number of nitrogens with one attached hydrogen (secondary N) is 1. The molecule has 3 nitrogen and oxygen atoms in total. The fraction of sp³-hybridized carbons (Fsp3) is 0.458. The van der Waals surface area contributed by atoms with Crippen LogP contribution in [0, 0.1) is 12.7 Å². The molecule has 4 heteroatoms. The lowest BCUT2D eigenvalue weighted by Gasteiger charge is -2.36. The normalized spacial score (nSPS) is 17.0.